The third-order valence-electron chi connectivity index (χ3n) is 3.79. The fourth-order valence-electron chi connectivity index (χ4n) is 2.61. The van der Waals surface area contributed by atoms with Crippen molar-refractivity contribution >= 4 is 27.9 Å². The molecule has 3 amide bonds. The van der Waals surface area contributed by atoms with Crippen LogP contribution in [-0.4, -0.2) is 50.3 Å². The molecule has 2 N–H and O–H groups in total. The largest absolute Gasteiger partial charge is 0.463 e. The Morgan fingerprint density at radius 3 is 2.68 bits per heavy atom. The summed E-state index contributed by atoms with van der Waals surface area (Å²) < 4.78 is 30.7. The van der Waals surface area contributed by atoms with Gasteiger partial charge in [0.15, 0.2) is 0 Å². The summed E-state index contributed by atoms with van der Waals surface area (Å²) >= 11 is 0. The summed E-state index contributed by atoms with van der Waals surface area (Å²) in [6.45, 7) is 1.17. The van der Waals surface area contributed by atoms with Gasteiger partial charge in [0.1, 0.15) is 4.90 Å². The number of amides is 3. The summed E-state index contributed by atoms with van der Waals surface area (Å²) in [5.74, 6) is -1.40. The molecule has 1 aromatic carbocycles. The number of fused-ring (bicyclic) bond motifs is 1. The zero-order valence-electron chi connectivity index (χ0n) is 13.2. The summed E-state index contributed by atoms with van der Waals surface area (Å²) in [6.07, 6.45) is 0. The molecule has 0 atom stereocenters. The van der Waals surface area contributed by atoms with Crippen LogP contribution < -0.4 is 10.6 Å². The van der Waals surface area contributed by atoms with Crippen molar-refractivity contribution in [3.63, 3.8) is 0 Å². The third-order valence-corrected chi connectivity index (χ3v) is 5.58. The van der Waals surface area contributed by atoms with Crippen LogP contribution in [0, 0.1) is 0 Å². The van der Waals surface area contributed by atoms with E-state index in [4.69, 9.17) is 4.74 Å². The molecular weight excluding hydrogens is 350 g/mol. The van der Waals surface area contributed by atoms with Gasteiger partial charge in [-0.25, -0.2) is 22.3 Å². The number of hydrogen-bond acceptors (Lipinski definition) is 6. The number of ether oxygens (including phenoxy) is 1. The van der Waals surface area contributed by atoms with E-state index in [2.05, 4.69) is 10.6 Å². The summed E-state index contributed by atoms with van der Waals surface area (Å²) in [6, 6.07) is 5.24. The van der Waals surface area contributed by atoms with Crippen LogP contribution in [0.2, 0.25) is 0 Å². The molecule has 25 heavy (non-hydrogen) atoms. The van der Waals surface area contributed by atoms with Gasteiger partial charge in [-0.15, -0.1) is 0 Å². The number of benzene rings is 1. The molecule has 2 aliphatic heterocycles. The van der Waals surface area contributed by atoms with Gasteiger partial charge in [-0.2, -0.15) is 0 Å². The highest BCUT2D eigenvalue weighted by Gasteiger charge is 2.42. The second-order valence-electron chi connectivity index (χ2n) is 5.30. The van der Waals surface area contributed by atoms with E-state index in [0.29, 0.717) is 4.31 Å². The summed E-state index contributed by atoms with van der Waals surface area (Å²) in [5.41, 5.74) is 0.147. The van der Waals surface area contributed by atoms with Crippen molar-refractivity contribution in [1.82, 2.24) is 14.9 Å². The zero-order valence-corrected chi connectivity index (χ0v) is 14.1. The van der Waals surface area contributed by atoms with Gasteiger partial charge in [0.2, 0.25) is 0 Å². The number of rotatable bonds is 4. The Kier molecular flexibility index (Phi) is 4.21. The molecule has 9 nitrogen and oxygen atoms in total. The van der Waals surface area contributed by atoms with E-state index in [9.17, 15) is 22.8 Å². The standard InChI is InChI=1S/C15H15N3O6S/c1-2-24-14(20)10-7-16-15(21)17-11(10)8-18-13(19)9-5-3-4-6-12(9)25(18,22)23/h3-6H,2,7-8H2,1H3,(H2,16,17,21). The van der Waals surface area contributed by atoms with Gasteiger partial charge in [-0.05, 0) is 19.1 Å². The number of urea groups is 1. The number of carbonyl (C=O) groups is 3. The summed E-state index contributed by atoms with van der Waals surface area (Å²) in [4.78, 5) is 35.9. The number of carbonyl (C=O) groups excluding carboxylic acids is 3. The third kappa shape index (κ3) is 2.84. The van der Waals surface area contributed by atoms with Crippen LogP contribution in [0.25, 0.3) is 0 Å². The van der Waals surface area contributed by atoms with Gasteiger partial charge in [0.05, 0.1) is 36.5 Å². The molecule has 2 aliphatic rings. The second-order valence-corrected chi connectivity index (χ2v) is 7.13. The van der Waals surface area contributed by atoms with Crippen LogP contribution >= 0.6 is 0 Å². The lowest BCUT2D eigenvalue weighted by atomic mass is 10.1. The molecule has 0 fully saturated rings. The monoisotopic (exact) mass is 365 g/mol. The zero-order chi connectivity index (χ0) is 18.2. The predicted molar refractivity (Wildman–Crippen MR) is 84.9 cm³/mol. The fourth-order valence-corrected chi connectivity index (χ4v) is 4.15. The van der Waals surface area contributed by atoms with Crippen LogP contribution in [-0.2, 0) is 19.6 Å². The molecule has 0 saturated heterocycles. The molecule has 0 bridgehead atoms. The topological polar surface area (TPSA) is 122 Å². The van der Waals surface area contributed by atoms with Crippen LogP contribution in [0.5, 0.6) is 0 Å². The second kappa shape index (κ2) is 6.20. The van der Waals surface area contributed by atoms with Crippen molar-refractivity contribution in [2.75, 3.05) is 19.7 Å². The van der Waals surface area contributed by atoms with E-state index in [1.807, 2.05) is 0 Å². The Balaban J connectivity index is 1.99. The first-order valence-electron chi connectivity index (χ1n) is 7.46. The molecule has 1 aromatic rings. The van der Waals surface area contributed by atoms with E-state index >= 15 is 0 Å². The highest BCUT2D eigenvalue weighted by atomic mass is 32.2. The molecule has 0 aromatic heterocycles. The van der Waals surface area contributed by atoms with Crippen LogP contribution in [0.4, 0.5) is 4.79 Å². The maximum absolute atomic E-state index is 12.6. The predicted octanol–water partition coefficient (Wildman–Crippen LogP) is -0.0389. The first-order chi connectivity index (χ1) is 11.9. The normalized spacial score (nSPS) is 18.5. The quantitative estimate of drug-likeness (QED) is 0.722. The maximum Gasteiger partial charge on any atom is 0.337 e. The highest BCUT2D eigenvalue weighted by molar-refractivity contribution is 7.90. The highest BCUT2D eigenvalue weighted by Crippen LogP contribution is 2.30. The van der Waals surface area contributed by atoms with E-state index in [0.717, 1.165) is 0 Å². The van der Waals surface area contributed by atoms with Crippen molar-refractivity contribution < 1.29 is 27.5 Å². The van der Waals surface area contributed by atoms with Gasteiger partial charge in [0, 0.05) is 0 Å². The Labute approximate surface area is 143 Å². The molecular formula is C15H15N3O6S. The van der Waals surface area contributed by atoms with Crippen molar-refractivity contribution in [2.24, 2.45) is 0 Å². The van der Waals surface area contributed by atoms with Crippen LogP contribution in [0.3, 0.4) is 0 Å². The SMILES string of the molecule is CCOC(=O)C1=C(CN2C(=O)c3ccccc3S2(=O)=O)NC(=O)NC1. The van der Waals surface area contributed by atoms with E-state index in [1.54, 1.807) is 13.0 Å². The Morgan fingerprint density at radius 2 is 2.00 bits per heavy atom. The maximum atomic E-state index is 12.6. The lowest BCUT2D eigenvalue weighted by Crippen LogP contribution is -2.47. The Hall–Kier alpha value is -2.88. The Bertz CT molecular complexity index is 906. The van der Waals surface area contributed by atoms with Crippen LogP contribution in [0.15, 0.2) is 40.4 Å². The molecule has 0 unspecified atom stereocenters. The average molecular weight is 365 g/mol. The number of sulfonamides is 1. The first-order valence-corrected chi connectivity index (χ1v) is 8.90. The molecule has 2 heterocycles. The first kappa shape index (κ1) is 17.0. The lowest BCUT2D eigenvalue weighted by Gasteiger charge is -2.24. The van der Waals surface area contributed by atoms with Gasteiger partial charge >= 0.3 is 12.0 Å². The van der Waals surface area contributed by atoms with E-state index in [-0.39, 0.29) is 34.9 Å². The minimum absolute atomic E-state index is 0.0203. The van der Waals surface area contributed by atoms with Gasteiger partial charge < -0.3 is 15.4 Å². The van der Waals surface area contributed by atoms with Gasteiger partial charge in [-0.3, -0.25) is 4.79 Å². The van der Waals surface area contributed by atoms with E-state index < -0.39 is 34.5 Å². The molecule has 10 heteroatoms. The van der Waals surface area contributed by atoms with Crippen molar-refractivity contribution in [2.45, 2.75) is 11.8 Å². The minimum atomic E-state index is -4.05. The molecule has 132 valence electrons. The number of nitrogens with zero attached hydrogens (tertiary/aromatic N) is 1. The minimum Gasteiger partial charge on any atom is -0.463 e. The average Bonchev–Trinajstić information content (AvgIpc) is 2.77. The smallest absolute Gasteiger partial charge is 0.337 e. The Morgan fingerprint density at radius 1 is 1.28 bits per heavy atom. The van der Waals surface area contributed by atoms with Crippen LogP contribution in [0.1, 0.15) is 17.3 Å². The van der Waals surface area contributed by atoms with E-state index in [1.165, 1.54) is 18.2 Å². The van der Waals surface area contributed by atoms with Crippen molar-refractivity contribution in [1.29, 1.82) is 0 Å². The van der Waals surface area contributed by atoms with Crippen molar-refractivity contribution in [3.8, 4) is 0 Å². The summed E-state index contributed by atoms with van der Waals surface area (Å²) in [7, 11) is -4.05. The molecule has 0 radical (unpaired) electrons. The van der Waals surface area contributed by atoms with Gasteiger partial charge in [0.25, 0.3) is 15.9 Å². The molecule has 0 aliphatic carbocycles. The number of esters is 1. The van der Waals surface area contributed by atoms with Gasteiger partial charge in [-0.1, -0.05) is 12.1 Å². The molecule has 0 spiro atoms. The molecule has 3 rings (SSSR count). The fraction of sp³-hybridized carbons (Fsp3) is 0.267. The number of nitrogens with one attached hydrogen (secondary N) is 2. The lowest BCUT2D eigenvalue weighted by molar-refractivity contribution is -0.138. The summed E-state index contributed by atoms with van der Waals surface area (Å²) in [5, 5.41) is 4.80. The van der Waals surface area contributed by atoms with Crippen molar-refractivity contribution in [3.05, 3.63) is 41.1 Å². The molecule has 0 saturated carbocycles. The number of hydrogen-bond donors (Lipinski definition) is 2.